The Labute approximate surface area is 88.3 Å². The van der Waals surface area contributed by atoms with Gasteiger partial charge < -0.3 is 10.0 Å². The van der Waals surface area contributed by atoms with Gasteiger partial charge in [-0.15, -0.1) is 6.42 Å². The summed E-state index contributed by atoms with van der Waals surface area (Å²) in [6, 6.07) is 5.19. The lowest BCUT2D eigenvalue weighted by Crippen LogP contribution is -2.20. The second-order valence-electron chi connectivity index (χ2n) is 3.52. The maximum absolute atomic E-state index is 10.8. The van der Waals surface area contributed by atoms with Gasteiger partial charge in [0.15, 0.2) is 0 Å². The van der Waals surface area contributed by atoms with Gasteiger partial charge in [0, 0.05) is 12.2 Å². The molecule has 76 valence electrons. The van der Waals surface area contributed by atoms with Gasteiger partial charge >= 0.3 is 5.97 Å². The van der Waals surface area contributed by atoms with Crippen LogP contribution in [-0.4, -0.2) is 24.2 Å². The molecule has 0 unspecified atom stereocenters. The van der Waals surface area contributed by atoms with Gasteiger partial charge in [0.2, 0.25) is 0 Å². The molecule has 0 amide bonds. The lowest BCUT2D eigenvalue weighted by atomic mass is 10.1. The third kappa shape index (κ3) is 1.66. The molecule has 2 rings (SSSR count). The van der Waals surface area contributed by atoms with Crippen LogP contribution in [0.3, 0.4) is 0 Å². The van der Waals surface area contributed by atoms with E-state index in [0.717, 1.165) is 24.2 Å². The molecule has 0 bridgehead atoms. The molecule has 3 heteroatoms. The van der Waals surface area contributed by atoms with Gasteiger partial charge in [-0.1, -0.05) is 5.92 Å². The van der Waals surface area contributed by atoms with Crippen molar-refractivity contribution in [3.63, 3.8) is 0 Å². The van der Waals surface area contributed by atoms with Crippen LogP contribution < -0.4 is 4.90 Å². The molecule has 0 aliphatic carbocycles. The Morgan fingerprint density at radius 2 is 2.40 bits per heavy atom. The number of rotatable bonds is 2. The molecule has 15 heavy (non-hydrogen) atoms. The largest absolute Gasteiger partial charge is 0.478 e. The Kier molecular flexibility index (Phi) is 2.34. The average Bonchev–Trinajstić information content (AvgIpc) is 2.61. The van der Waals surface area contributed by atoms with E-state index in [2.05, 4.69) is 10.8 Å². The standard InChI is InChI=1S/C12H11NO2/c1-2-6-13-7-5-9-8-10(12(14)15)3-4-11(9)13/h1,3-4,8H,5-7H2,(H,14,15). The Balaban J connectivity index is 2.34. The second kappa shape index (κ2) is 3.66. The SMILES string of the molecule is C#CCN1CCc2cc(C(=O)O)ccc21. The van der Waals surface area contributed by atoms with Gasteiger partial charge in [0.1, 0.15) is 0 Å². The summed E-state index contributed by atoms with van der Waals surface area (Å²) in [6.45, 7) is 1.46. The maximum Gasteiger partial charge on any atom is 0.335 e. The molecule has 1 aliphatic heterocycles. The Morgan fingerprint density at radius 1 is 1.60 bits per heavy atom. The van der Waals surface area contributed by atoms with E-state index in [1.807, 2.05) is 6.07 Å². The fourth-order valence-corrected chi connectivity index (χ4v) is 1.88. The van der Waals surface area contributed by atoms with Crippen molar-refractivity contribution >= 4 is 11.7 Å². The lowest BCUT2D eigenvalue weighted by molar-refractivity contribution is 0.0697. The van der Waals surface area contributed by atoms with E-state index in [0.29, 0.717) is 12.1 Å². The molecule has 0 saturated heterocycles. The van der Waals surface area contributed by atoms with E-state index in [4.69, 9.17) is 11.5 Å². The van der Waals surface area contributed by atoms with Crippen molar-refractivity contribution in [2.45, 2.75) is 6.42 Å². The van der Waals surface area contributed by atoms with Gasteiger partial charge in [-0.3, -0.25) is 0 Å². The van der Waals surface area contributed by atoms with Crippen molar-refractivity contribution in [3.8, 4) is 12.3 Å². The summed E-state index contributed by atoms with van der Waals surface area (Å²) in [7, 11) is 0. The molecule has 0 aromatic heterocycles. The van der Waals surface area contributed by atoms with E-state index in [1.165, 1.54) is 0 Å². The minimum absolute atomic E-state index is 0.344. The summed E-state index contributed by atoms with van der Waals surface area (Å²) in [5.41, 5.74) is 2.49. The van der Waals surface area contributed by atoms with Crippen LogP contribution >= 0.6 is 0 Å². The van der Waals surface area contributed by atoms with Gasteiger partial charge in [0.05, 0.1) is 12.1 Å². The summed E-state index contributed by atoms with van der Waals surface area (Å²) in [4.78, 5) is 12.8. The first-order valence-corrected chi connectivity index (χ1v) is 4.77. The quantitative estimate of drug-likeness (QED) is 0.735. The van der Waals surface area contributed by atoms with Gasteiger partial charge in [0.25, 0.3) is 0 Å². The Hall–Kier alpha value is -1.95. The smallest absolute Gasteiger partial charge is 0.335 e. The van der Waals surface area contributed by atoms with E-state index >= 15 is 0 Å². The van der Waals surface area contributed by atoms with E-state index in [-0.39, 0.29) is 0 Å². The number of hydrogen-bond acceptors (Lipinski definition) is 2. The summed E-state index contributed by atoms with van der Waals surface area (Å²) in [5.74, 6) is 1.72. The molecular formula is C12H11NO2. The van der Waals surface area contributed by atoms with Crippen LogP contribution in [0.4, 0.5) is 5.69 Å². The molecular weight excluding hydrogens is 190 g/mol. The first kappa shape index (κ1) is 9.60. The average molecular weight is 201 g/mol. The first-order valence-electron chi connectivity index (χ1n) is 4.77. The Morgan fingerprint density at radius 3 is 3.07 bits per heavy atom. The van der Waals surface area contributed by atoms with Crippen LogP contribution in [0.2, 0.25) is 0 Å². The molecule has 1 heterocycles. The number of carboxylic acids is 1. The van der Waals surface area contributed by atoms with Crippen LogP contribution in [0, 0.1) is 12.3 Å². The zero-order chi connectivity index (χ0) is 10.8. The van der Waals surface area contributed by atoms with Crippen LogP contribution in [0.25, 0.3) is 0 Å². The highest BCUT2D eigenvalue weighted by atomic mass is 16.4. The summed E-state index contributed by atoms with van der Waals surface area (Å²) >= 11 is 0. The van der Waals surface area contributed by atoms with Crippen molar-refractivity contribution in [1.82, 2.24) is 0 Å². The highest BCUT2D eigenvalue weighted by molar-refractivity contribution is 5.88. The molecule has 1 N–H and O–H groups in total. The van der Waals surface area contributed by atoms with Gasteiger partial charge in [-0.25, -0.2) is 4.79 Å². The number of hydrogen-bond donors (Lipinski definition) is 1. The predicted molar refractivity (Wildman–Crippen MR) is 58.2 cm³/mol. The number of anilines is 1. The minimum Gasteiger partial charge on any atom is -0.478 e. The molecule has 1 aliphatic rings. The van der Waals surface area contributed by atoms with Crippen molar-refractivity contribution in [2.24, 2.45) is 0 Å². The van der Waals surface area contributed by atoms with E-state index < -0.39 is 5.97 Å². The van der Waals surface area contributed by atoms with Gasteiger partial charge in [-0.2, -0.15) is 0 Å². The second-order valence-corrected chi connectivity index (χ2v) is 3.52. The maximum atomic E-state index is 10.8. The third-order valence-corrected chi connectivity index (χ3v) is 2.60. The number of nitrogens with zero attached hydrogens (tertiary/aromatic N) is 1. The topological polar surface area (TPSA) is 40.5 Å². The zero-order valence-corrected chi connectivity index (χ0v) is 8.23. The lowest BCUT2D eigenvalue weighted by Gasteiger charge is -2.15. The normalized spacial score (nSPS) is 13.4. The molecule has 3 nitrogen and oxygen atoms in total. The van der Waals surface area contributed by atoms with Crippen molar-refractivity contribution < 1.29 is 9.90 Å². The number of fused-ring (bicyclic) bond motifs is 1. The van der Waals surface area contributed by atoms with Crippen molar-refractivity contribution in [1.29, 1.82) is 0 Å². The number of aromatic carboxylic acids is 1. The summed E-state index contributed by atoms with van der Waals surface area (Å²) in [6.07, 6.45) is 6.13. The Bertz CT molecular complexity index is 445. The number of carboxylic acid groups (broad SMARTS) is 1. The van der Waals surface area contributed by atoms with E-state index in [1.54, 1.807) is 12.1 Å². The fraction of sp³-hybridized carbons (Fsp3) is 0.250. The van der Waals surface area contributed by atoms with Crippen LogP contribution in [0.1, 0.15) is 15.9 Å². The summed E-state index contributed by atoms with van der Waals surface area (Å²) < 4.78 is 0. The molecule has 0 fully saturated rings. The predicted octanol–water partition coefficient (Wildman–Crippen LogP) is 1.38. The number of benzene rings is 1. The molecule has 0 saturated carbocycles. The number of carbonyl (C=O) groups is 1. The molecule has 1 aromatic carbocycles. The molecule has 0 atom stereocenters. The van der Waals surface area contributed by atoms with Gasteiger partial charge in [-0.05, 0) is 30.2 Å². The number of terminal acetylenes is 1. The first-order chi connectivity index (χ1) is 7.22. The highest BCUT2D eigenvalue weighted by Gasteiger charge is 2.19. The van der Waals surface area contributed by atoms with Crippen LogP contribution in [-0.2, 0) is 6.42 Å². The fourth-order valence-electron chi connectivity index (χ4n) is 1.88. The van der Waals surface area contributed by atoms with E-state index in [9.17, 15) is 4.79 Å². The zero-order valence-electron chi connectivity index (χ0n) is 8.23. The molecule has 0 radical (unpaired) electrons. The van der Waals surface area contributed by atoms with Crippen molar-refractivity contribution in [2.75, 3.05) is 18.0 Å². The monoisotopic (exact) mass is 201 g/mol. The van der Waals surface area contributed by atoms with Crippen LogP contribution in [0.15, 0.2) is 18.2 Å². The molecule has 0 spiro atoms. The van der Waals surface area contributed by atoms with Crippen molar-refractivity contribution in [3.05, 3.63) is 29.3 Å². The van der Waals surface area contributed by atoms with Crippen LogP contribution in [0.5, 0.6) is 0 Å². The third-order valence-electron chi connectivity index (χ3n) is 2.60. The summed E-state index contributed by atoms with van der Waals surface area (Å²) in [5, 5.41) is 8.84. The highest BCUT2D eigenvalue weighted by Crippen LogP contribution is 2.28. The molecule has 1 aromatic rings. The minimum atomic E-state index is -0.881.